The maximum absolute atomic E-state index is 5.98. The Hall–Kier alpha value is -0.720. The fourth-order valence-corrected chi connectivity index (χ4v) is 2.74. The molecule has 100 valence electrons. The van der Waals surface area contributed by atoms with Gasteiger partial charge in [0.2, 0.25) is 0 Å². The predicted octanol–water partition coefficient (Wildman–Crippen LogP) is 1.87. The molecule has 0 bridgehead atoms. The van der Waals surface area contributed by atoms with Gasteiger partial charge in [-0.25, -0.2) is 9.97 Å². The first-order valence-corrected chi connectivity index (χ1v) is 6.68. The van der Waals surface area contributed by atoms with E-state index in [-0.39, 0.29) is 11.7 Å². The Morgan fingerprint density at radius 1 is 1.61 bits per heavy atom. The highest BCUT2D eigenvalue weighted by Gasteiger charge is 2.34. The van der Waals surface area contributed by atoms with Gasteiger partial charge in [0, 0.05) is 26.4 Å². The van der Waals surface area contributed by atoms with Crippen LogP contribution in [-0.2, 0) is 9.47 Å². The number of hydrogen-bond donors (Lipinski definition) is 0. The van der Waals surface area contributed by atoms with Gasteiger partial charge in [0.1, 0.15) is 12.1 Å². The van der Waals surface area contributed by atoms with Crippen LogP contribution in [0.1, 0.15) is 13.8 Å². The van der Waals surface area contributed by atoms with Crippen molar-refractivity contribution in [2.45, 2.75) is 25.6 Å². The molecule has 18 heavy (non-hydrogen) atoms. The summed E-state index contributed by atoms with van der Waals surface area (Å²) in [6.45, 7) is 6.31. The van der Waals surface area contributed by atoms with E-state index in [0.717, 1.165) is 23.4 Å². The summed E-state index contributed by atoms with van der Waals surface area (Å²) in [7, 11) is 1.69. The first kappa shape index (κ1) is 13.7. The van der Waals surface area contributed by atoms with Crippen molar-refractivity contribution in [2.75, 3.05) is 31.7 Å². The lowest BCUT2D eigenvalue weighted by molar-refractivity contribution is -0.106. The highest BCUT2D eigenvalue weighted by Crippen LogP contribution is 2.29. The molecule has 0 aliphatic carbocycles. The Balaban J connectivity index is 2.20. The molecule has 1 fully saturated rings. The minimum atomic E-state index is -0.216. The molecule has 1 saturated heterocycles. The van der Waals surface area contributed by atoms with Gasteiger partial charge in [-0.1, -0.05) is 0 Å². The van der Waals surface area contributed by atoms with Crippen molar-refractivity contribution >= 4 is 21.7 Å². The zero-order valence-electron chi connectivity index (χ0n) is 10.9. The Labute approximate surface area is 116 Å². The summed E-state index contributed by atoms with van der Waals surface area (Å²) in [6.07, 6.45) is 3.38. The molecular weight excluding hydrogens is 298 g/mol. The third kappa shape index (κ3) is 3.18. The second-order valence-corrected chi connectivity index (χ2v) is 5.88. The molecular formula is C12H18BrN3O2. The van der Waals surface area contributed by atoms with E-state index < -0.39 is 0 Å². The van der Waals surface area contributed by atoms with E-state index in [2.05, 4.69) is 44.6 Å². The molecule has 1 aromatic rings. The Kier molecular flexibility index (Phi) is 4.19. The van der Waals surface area contributed by atoms with Crippen LogP contribution in [0.5, 0.6) is 0 Å². The van der Waals surface area contributed by atoms with E-state index in [9.17, 15) is 0 Å². The third-order valence-electron chi connectivity index (χ3n) is 2.78. The number of halogens is 1. The lowest BCUT2D eigenvalue weighted by atomic mass is 10.1. The molecule has 6 heteroatoms. The summed E-state index contributed by atoms with van der Waals surface area (Å²) in [4.78, 5) is 10.5. The second-order valence-electron chi connectivity index (χ2n) is 5.03. The molecule has 2 rings (SSSR count). The Bertz CT molecular complexity index is 414. The molecule has 0 amide bonds. The van der Waals surface area contributed by atoms with Gasteiger partial charge < -0.3 is 14.4 Å². The average Bonchev–Trinajstić information content (AvgIpc) is 2.27. The first-order chi connectivity index (χ1) is 8.52. The van der Waals surface area contributed by atoms with Crippen LogP contribution in [0.2, 0.25) is 0 Å². The minimum absolute atomic E-state index is 0.0561. The number of ether oxygens (including phenoxy) is 2. The largest absolute Gasteiger partial charge is 0.382 e. The van der Waals surface area contributed by atoms with Crippen LogP contribution in [0.3, 0.4) is 0 Å². The van der Waals surface area contributed by atoms with Gasteiger partial charge in [-0.2, -0.15) is 0 Å². The highest BCUT2D eigenvalue weighted by atomic mass is 79.9. The maximum atomic E-state index is 5.98. The van der Waals surface area contributed by atoms with Crippen LogP contribution < -0.4 is 4.90 Å². The normalized spacial score (nSPS) is 23.1. The fraction of sp³-hybridized carbons (Fsp3) is 0.667. The maximum Gasteiger partial charge on any atom is 0.146 e. The molecule has 1 aliphatic heterocycles. The van der Waals surface area contributed by atoms with Gasteiger partial charge in [-0.15, -0.1) is 0 Å². The van der Waals surface area contributed by atoms with Gasteiger partial charge in [0.15, 0.2) is 0 Å². The lowest BCUT2D eigenvalue weighted by Crippen LogP contribution is -2.54. The fourth-order valence-electron chi connectivity index (χ4n) is 2.27. The average molecular weight is 316 g/mol. The number of nitrogens with zero attached hydrogens (tertiary/aromatic N) is 3. The van der Waals surface area contributed by atoms with Crippen molar-refractivity contribution in [1.82, 2.24) is 9.97 Å². The first-order valence-electron chi connectivity index (χ1n) is 5.89. The van der Waals surface area contributed by atoms with Crippen molar-refractivity contribution in [3.63, 3.8) is 0 Å². The van der Waals surface area contributed by atoms with Gasteiger partial charge in [0.05, 0.1) is 22.8 Å². The number of methoxy groups -OCH3 is 1. The number of anilines is 1. The van der Waals surface area contributed by atoms with E-state index in [1.54, 1.807) is 19.6 Å². The molecule has 5 nitrogen and oxygen atoms in total. The molecule has 0 radical (unpaired) electrons. The zero-order chi connectivity index (χ0) is 13.2. The molecule has 0 saturated carbocycles. The molecule has 0 N–H and O–H groups in total. The van der Waals surface area contributed by atoms with E-state index in [1.807, 2.05) is 0 Å². The van der Waals surface area contributed by atoms with E-state index in [4.69, 9.17) is 9.47 Å². The Morgan fingerprint density at radius 3 is 3.06 bits per heavy atom. The lowest BCUT2D eigenvalue weighted by Gasteiger charge is -2.43. The van der Waals surface area contributed by atoms with Gasteiger partial charge in [0.25, 0.3) is 0 Å². The quantitative estimate of drug-likeness (QED) is 0.852. The predicted molar refractivity (Wildman–Crippen MR) is 72.8 cm³/mol. The van der Waals surface area contributed by atoms with Crippen molar-refractivity contribution in [1.29, 1.82) is 0 Å². The van der Waals surface area contributed by atoms with Crippen molar-refractivity contribution in [3.8, 4) is 0 Å². The SMILES string of the molecule is COCC1CN(c2ncncc2Br)CC(C)(C)O1. The van der Waals surface area contributed by atoms with Crippen molar-refractivity contribution in [2.24, 2.45) is 0 Å². The number of aromatic nitrogens is 2. The molecule has 1 atom stereocenters. The molecule has 1 unspecified atom stereocenters. The van der Waals surface area contributed by atoms with Crippen LogP contribution in [0.25, 0.3) is 0 Å². The summed E-state index contributed by atoms with van der Waals surface area (Å²) in [5, 5.41) is 0. The van der Waals surface area contributed by atoms with Gasteiger partial charge in [-0.05, 0) is 29.8 Å². The van der Waals surface area contributed by atoms with Crippen LogP contribution >= 0.6 is 15.9 Å². The van der Waals surface area contributed by atoms with E-state index in [0.29, 0.717) is 6.61 Å². The summed E-state index contributed by atoms with van der Waals surface area (Å²) in [5.74, 6) is 0.905. The molecule has 0 spiro atoms. The molecule has 0 aromatic carbocycles. The van der Waals surface area contributed by atoms with Crippen molar-refractivity contribution in [3.05, 3.63) is 17.0 Å². The monoisotopic (exact) mass is 315 g/mol. The summed E-state index contributed by atoms with van der Waals surface area (Å²) < 4.78 is 12.1. The van der Waals surface area contributed by atoms with Crippen molar-refractivity contribution < 1.29 is 9.47 Å². The molecule has 1 aliphatic rings. The van der Waals surface area contributed by atoms with Gasteiger partial charge in [-0.3, -0.25) is 0 Å². The molecule has 2 heterocycles. The Morgan fingerprint density at radius 2 is 2.39 bits per heavy atom. The van der Waals surface area contributed by atoms with E-state index in [1.165, 1.54) is 0 Å². The summed E-state index contributed by atoms with van der Waals surface area (Å²) >= 11 is 3.49. The van der Waals surface area contributed by atoms with Crippen LogP contribution in [0, 0.1) is 0 Å². The van der Waals surface area contributed by atoms with Crippen LogP contribution in [-0.4, -0.2) is 48.5 Å². The summed E-state index contributed by atoms with van der Waals surface area (Å²) in [6, 6.07) is 0. The van der Waals surface area contributed by atoms with E-state index >= 15 is 0 Å². The number of hydrogen-bond acceptors (Lipinski definition) is 5. The van der Waals surface area contributed by atoms with Crippen LogP contribution in [0.15, 0.2) is 17.0 Å². The number of morpholine rings is 1. The zero-order valence-corrected chi connectivity index (χ0v) is 12.5. The topological polar surface area (TPSA) is 47.5 Å². The standard InChI is InChI=1S/C12H18BrN3O2/c1-12(2)7-16(5-9(18-12)6-17-3)11-10(13)4-14-8-15-11/h4,8-9H,5-7H2,1-3H3. The summed E-state index contributed by atoms with van der Waals surface area (Å²) in [5.41, 5.74) is -0.216. The number of rotatable bonds is 3. The third-order valence-corrected chi connectivity index (χ3v) is 3.34. The highest BCUT2D eigenvalue weighted by molar-refractivity contribution is 9.10. The van der Waals surface area contributed by atoms with Gasteiger partial charge >= 0.3 is 0 Å². The second kappa shape index (κ2) is 5.50. The van der Waals surface area contributed by atoms with Crippen LogP contribution in [0.4, 0.5) is 5.82 Å². The minimum Gasteiger partial charge on any atom is -0.382 e. The molecule has 1 aromatic heterocycles. The smallest absolute Gasteiger partial charge is 0.146 e.